The zero-order chi connectivity index (χ0) is 24.7. The zero-order valence-electron chi connectivity index (χ0n) is 19.1. The van der Waals surface area contributed by atoms with E-state index in [2.05, 4.69) is 16.4 Å². The minimum Gasteiger partial charge on any atom is -0.323 e. The number of benzene rings is 3. The molecule has 0 spiro atoms. The Hall–Kier alpha value is -4.13. The van der Waals surface area contributed by atoms with Crippen molar-refractivity contribution >= 4 is 17.2 Å². The first kappa shape index (κ1) is 22.7. The number of nitrogens with zero attached hydrogens (tertiary/aromatic N) is 2. The smallest absolute Gasteiger partial charge is 0.255 e. The highest BCUT2D eigenvalue weighted by atomic mass is 19.2. The molecule has 0 saturated carbocycles. The summed E-state index contributed by atoms with van der Waals surface area (Å²) in [5, 5.41) is 2.80. The molecule has 5 rings (SSSR count). The average Bonchev–Trinajstić information content (AvgIpc) is 3.25. The largest absolute Gasteiger partial charge is 0.323 e. The summed E-state index contributed by atoms with van der Waals surface area (Å²) in [5.41, 5.74) is 4.28. The number of fused-ring (bicyclic) bond motifs is 1. The van der Waals surface area contributed by atoms with E-state index in [-0.39, 0.29) is 23.2 Å². The third-order valence-electron chi connectivity index (χ3n) is 6.14. The van der Waals surface area contributed by atoms with Gasteiger partial charge in [-0.2, -0.15) is 0 Å². The highest BCUT2D eigenvalue weighted by molar-refractivity contribution is 6.06. The first-order chi connectivity index (χ1) is 16.8. The molecule has 3 aromatic carbocycles. The number of rotatable bonds is 4. The molecule has 0 fully saturated rings. The van der Waals surface area contributed by atoms with Gasteiger partial charge in [-0.3, -0.25) is 4.79 Å². The Bertz CT molecular complexity index is 1470. The van der Waals surface area contributed by atoms with E-state index in [0.29, 0.717) is 23.6 Å². The van der Waals surface area contributed by atoms with Crippen molar-refractivity contribution < 1.29 is 18.0 Å². The van der Waals surface area contributed by atoms with Crippen LogP contribution in [-0.4, -0.2) is 15.5 Å². The van der Waals surface area contributed by atoms with Gasteiger partial charge in [0.2, 0.25) is 0 Å². The lowest BCUT2D eigenvalue weighted by molar-refractivity contribution is 0.102. The van der Waals surface area contributed by atoms with Crippen LogP contribution in [-0.2, 0) is 6.54 Å². The maximum atomic E-state index is 14.5. The van der Waals surface area contributed by atoms with E-state index in [0.717, 1.165) is 28.5 Å². The maximum Gasteiger partial charge on any atom is 0.255 e. The number of allylic oxidation sites excluding steroid dienone is 1. The first-order valence-electron chi connectivity index (χ1n) is 11.2. The third kappa shape index (κ3) is 4.25. The number of aryl methyl sites for hydroxylation is 1. The van der Waals surface area contributed by atoms with E-state index in [1.807, 2.05) is 30.5 Å². The second kappa shape index (κ2) is 8.91. The summed E-state index contributed by atoms with van der Waals surface area (Å²) >= 11 is 0. The lowest BCUT2D eigenvalue weighted by Gasteiger charge is -2.23. The average molecular weight is 473 g/mol. The lowest BCUT2D eigenvalue weighted by Crippen LogP contribution is -2.17. The SMILES string of the molecule is Cc1ccc(C2=CC(C)Cn3c2cnc3-c2cccc(F)c2F)cc1C(=O)Nc1ccc(F)cc1. The predicted molar refractivity (Wildman–Crippen MR) is 129 cm³/mol. The summed E-state index contributed by atoms with van der Waals surface area (Å²) < 4.78 is 43.5. The minimum absolute atomic E-state index is 0.0971. The molecule has 4 nitrogen and oxygen atoms in total. The number of hydrogen-bond acceptors (Lipinski definition) is 2. The molecule has 1 unspecified atom stereocenters. The second-order valence-electron chi connectivity index (χ2n) is 8.73. The van der Waals surface area contributed by atoms with Crippen LogP contribution in [0.15, 0.2) is 72.9 Å². The van der Waals surface area contributed by atoms with Gasteiger partial charge in [0.1, 0.15) is 11.6 Å². The fourth-order valence-corrected chi connectivity index (χ4v) is 4.39. The first-order valence-corrected chi connectivity index (χ1v) is 11.2. The van der Waals surface area contributed by atoms with Crippen molar-refractivity contribution in [1.82, 2.24) is 9.55 Å². The van der Waals surface area contributed by atoms with Gasteiger partial charge in [-0.25, -0.2) is 18.2 Å². The van der Waals surface area contributed by atoms with Crippen molar-refractivity contribution in [3.05, 3.63) is 113 Å². The Kier molecular flexibility index (Phi) is 5.76. The highest BCUT2D eigenvalue weighted by Crippen LogP contribution is 2.35. The molecule has 1 atom stereocenters. The molecule has 1 N–H and O–H groups in total. The number of carbonyl (C=O) groups excluding carboxylic acids is 1. The topological polar surface area (TPSA) is 46.9 Å². The predicted octanol–water partition coefficient (Wildman–Crippen LogP) is 6.61. The Labute approximate surface area is 200 Å². The quantitative estimate of drug-likeness (QED) is 0.363. The van der Waals surface area contributed by atoms with Gasteiger partial charge in [0.25, 0.3) is 5.91 Å². The molecule has 1 amide bonds. The highest BCUT2D eigenvalue weighted by Gasteiger charge is 2.25. The normalized spacial score (nSPS) is 14.9. The van der Waals surface area contributed by atoms with Crippen molar-refractivity contribution in [3.8, 4) is 11.4 Å². The number of nitrogens with one attached hydrogen (secondary N) is 1. The molecule has 7 heteroatoms. The molecule has 1 aromatic heterocycles. The summed E-state index contributed by atoms with van der Waals surface area (Å²) in [6.07, 6.45) is 3.74. The number of hydrogen-bond donors (Lipinski definition) is 1. The fraction of sp³-hybridized carbons (Fsp3) is 0.143. The molecule has 0 bridgehead atoms. The number of imidazole rings is 1. The Morgan fingerprint density at radius 3 is 2.60 bits per heavy atom. The molecular weight excluding hydrogens is 451 g/mol. The van der Waals surface area contributed by atoms with E-state index in [4.69, 9.17) is 0 Å². The molecule has 2 heterocycles. The van der Waals surface area contributed by atoms with Crippen LogP contribution in [0, 0.1) is 30.3 Å². The Morgan fingerprint density at radius 1 is 1.06 bits per heavy atom. The monoisotopic (exact) mass is 473 g/mol. The maximum absolute atomic E-state index is 14.5. The van der Waals surface area contributed by atoms with Crippen molar-refractivity contribution in [2.45, 2.75) is 20.4 Å². The van der Waals surface area contributed by atoms with Gasteiger partial charge in [0.15, 0.2) is 11.6 Å². The molecule has 0 saturated heterocycles. The summed E-state index contributed by atoms with van der Waals surface area (Å²) in [6.45, 7) is 4.44. The molecule has 35 heavy (non-hydrogen) atoms. The Morgan fingerprint density at radius 2 is 1.83 bits per heavy atom. The van der Waals surface area contributed by atoms with Crippen molar-refractivity contribution in [2.24, 2.45) is 5.92 Å². The van der Waals surface area contributed by atoms with Crippen molar-refractivity contribution in [3.63, 3.8) is 0 Å². The van der Waals surface area contributed by atoms with E-state index >= 15 is 0 Å². The van der Waals surface area contributed by atoms with Crippen molar-refractivity contribution in [2.75, 3.05) is 5.32 Å². The molecular formula is C28H22F3N3O. The molecule has 0 radical (unpaired) electrons. The van der Waals surface area contributed by atoms with Crippen LogP contribution in [0.3, 0.4) is 0 Å². The van der Waals surface area contributed by atoms with E-state index in [1.165, 1.54) is 36.4 Å². The molecule has 1 aliphatic rings. The zero-order valence-corrected chi connectivity index (χ0v) is 19.1. The van der Waals surface area contributed by atoms with Gasteiger partial charge in [-0.1, -0.05) is 31.2 Å². The van der Waals surface area contributed by atoms with E-state index in [9.17, 15) is 18.0 Å². The Balaban J connectivity index is 1.53. The number of aromatic nitrogens is 2. The summed E-state index contributed by atoms with van der Waals surface area (Å²) in [5.74, 6) is -2.09. The molecule has 4 aromatic rings. The van der Waals surface area contributed by atoms with Crippen LogP contribution in [0.5, 0.6) is 0 Å². The number of halogens is 3. The molecule has 176 valence electrons. The fourth-order valence-electron chi connectivity index (χ4n) is 4.39. The summed E-state index contributed by atoms with van der Waals surface area (Å²) in [4.78, 5) is 17.4. The van der Waals surface area contributed by atoms with Crippen LogP contribution in [0.4, 0.5) is 18.9 Å². The number of anilines is 1. The van der Waals surface area contributed by atoms with Gasteiger partial charge in [0, 0.05) is 23.4 Å². The van der Waals surface area contributed by atoms with Crippen LogP contribution < -0.4 is 5.32 Å². The van der Waals surface area contributed by atoms with Crippen LogP contribution in [0.2, 0.25) is 0 Å². The van der Waals surface area contributed by atoms with E-state index < -0.39 is 11.6 Å². The standard InChI is InChI=1S/C28H22F3N3O/c1-16-12-23(25-14-32-27(34(25)15-16)21-4-3-5-24(30)26(21)31)18-7-6-17(2)22(13-18)28(35)33-20-10-8-19(29)9-11-20/h3-14,16H,15H2,1-2H3,(H,33,35). The molecule has 0 aliphatic carbocycles. The minimum atomic E-state index is -0.931. The van der Waals surface area contributed by atoms with Gasteiger partial charge in [0.05, 0.1) is 17.5 Å². The second-order valence-corrected chi connectivity index (χ2v) is 8.73. The van der Waals surface area contributed by atoms with Crippen molar-refractivity contribution in [1.29, 1.82) is 0 Å². The summed E-state index contributed by atoms with van der Waals surface area (Å²) in [7, 11) is 0. The lowest BCUT2D eigenvalue weighted by atomic mass is 9.92. The van der Waals surface area contributed by atoms with Crippen LogP contribution in [0.25, 0.3) is 17.0 Å². The third-order valence-corrected chi connectivity index (χ3v) is 6.14. The van der Waals surface area contributed by atoms with Gasteiger partial charge >= 0.3 is 0 Å². The van der Waals surface area contributed by atoms with Gasteiger partial charge < -0.3 is 9.88 Å². The van der Waals surface area contributed by atoms with Crippen LogP contribution >= 0.6 is 0 Å². The van der Waals surface area contributed by atoms with Gasteiger partial charge in [-0.05, 0) is 66.4 Å². The van der Waals surface area contributed by atoms with Gasteiger partial charge in [-0.15, -0.1) is 0 Å². The number of carbonyl (C=O) groups is 1. The molecule has 1 aliphatic heterocycles. The number of amides is 1. The van der Waals surface area contributed by atoms with Crippen LogP contribution in [0.1, 0.15) is 34.1 Å². The summed E-state index contributed by atoms with van der Waals surface area (Å²) in [6, 6.07) is 15.2. The van der Waals surface area contributed by atoms with E-state index in [1.54, 1.807) is 12.3 Å².